The molecule has 0 bridgehead atoms. The zero-order valence-electron chi connectivity index (χ0n) is 10.2. The van der Waals surface area contributed by atoms with Gasteiger partial charge in [0.1, 0.15) is 0 Å². The van der Waals surface area contributed by atoms with Crippen LogP contribution in [0.2, 0.25) is 5.02 Å². The molecule has 0 atom stereocenters. The summed E-state index contributed by atoms with van der Waals surface area (Å²) in [6.07, 6.45) is 1.78. The molecule has 0 aliphatic heterocycles. The third-order valence-electron chi connectivity index (χ3n) is 2.96. The Balaban J connectivity index is 1.93. The van der Waals surface area contributed by atoms with Crippen molar-refractivity contribution in [1.29, 1.82) is 0 Å². The van der Waals surface area contributed by atoms with E-state index in [4.69, 9.17) is 16.0 Å². The quantitative estimate of drug-likeness (QED) is 0.554. The summed E-state index contributed by atoms with van der Waals surface area (Å²) in [5, 5.41) is 0.727. The first-order chi connectivity index (χ1) is 9.33. The Morgan fingerprint density at radius 1 is 0.632 bits per heavy atom. The fourth-order valence-electron chi connectivity index (χ4n) is 1.94. The van der Waals surface area contributed by atoms with Crippen LogP contribution in [-0.4, -0.2) is 0 Å². The molecule has 0 aliphatic carbocycles. The number of benzene rings is 2. The van der Waals surface area contributed by atoms with Gasteiger partial charge >= 0.3 is 12.0 Å². The van der Waals surface area contributed by atoms with Gasteiger partial charge in [-0.15, -0.1) is 0 Å². The molecule has 2 aromatic carbocycles. The normalized spacial score (nSPS) is 10.4. The minimum atomic E-state index is 0.727. The summed E-state index contributed by atoms with van der Waals surface area (Å²) in [5.74, 6) is 0.830. The Hall–Kier alpha value is -2.12. The molecule has 1 aromatic heterocycles. The maximum absolute atomic E-state index is 5.87. The standard InChI is InChI=1S/C17H12ClO/c18-16-9-6-14(7-10-16)17-11-8-15(12-19-17)13-4-2-1-3-5-13/h1-12H/q+1. The Bertz CT molecular complexity index is 658. The molecular weight excluding hydrogens is 256 g/mol. The zero-order valence-corrected chi connectivity index (χ0v) is 11.0. The van der Waals surface area contributed by atoms with Crippen LogP contribution in [0.3, 0.4) is 0 Å². The van der Waals surface area contributed by atoms with E-state index in [1.165, 1.54) is 0 Å². The average molecular weight is 268 g/mol. The molecular formula is C17H12ClO+. The second-order valence-electron chi connectivity index (χ2n) is 4.26. The summed E-state index contributed by atoms with van der Waals surface area (Å²) in [6, 6.07) is 21.8. The lowest BCUT2D eigenvalue weighted by Gasteiger charge is -1.96. The molecule has 0 radical (unpaired) electrons. The third-order valence-corrected chi connectivity index (χ3v) is 3.21. The van der Waals surface area contributed by atoms with Crippen molar-refractivity contribution in [3.05, 3.63) is 78.0 Å². The summed E-state index contributed by atoms with van der Waals surface area (Å²) < 4.78 is 5.70. The molecule has 3 rings (SSSR count). The predicted molar refractivity (Wildman–Crippen MR) is 79.0 cm³/mol. The van der Waals surface area contributed by atoms with Gasteiger partial charge in [-0.3, -0.25) is 0 Å². The minimum absolute atomic E-state index is 0.727. The van der Waals surface area contributed by atoms with Crippen LogP contribution >= 0.6 is 11.6 Å². The van der Waals surface area contributed by atoms with Crippen molar-refractivity contribution in [3.63, 3.8) is 0 Å². The van der Waals surface area contributed by atoms with Gasteiger partial charge in [-0.2, -0.15) is 0 Å². The Labute approximate surface area is 117 Å². The molecule has 3 aromatic rings. The van der Waals surface area contributed by atoms with Crippen LogP contribution in [-0.2, 0) is 0 Å². The summed E-state index contributed by atoms with van der Waals surface area (Å²) in [6.45, 7) is 0. The molecule has 0 spiro atoms. The van der Waals surface area contributed by atoms with Crippen molar-refractivity contribution in [3.8, 4) is 22.5 Å². The van der Waals surface area contributed by atoms with Crippen LogP contribution in [0, 0.1) is 0 Å². The van der Waals surface area contributed by atoms with Crippen LogP contribution in [0.1, 0.15) is 0 Å². The first-order valence-electron chi connectivity index (χ1n) is 6.06. The summed E-state index contributed by atoms with van der Waals surface area (Å²) in [5.41, 5.74) is 3.23. The number of halogens is 1. The van der Waals surface area contributed by atoms with Crippen LogP contribution in [0.5, 0.6) is 0 Å². The van der Waals surface area contributed by atoms with Crippen molar-refractivity contribution < 1.29 is 4.42 Å². The summed E-state index contributed by atoms with van der Waals surface area (Å²) in [7, 11) is 0. The van der Waals surface area contributed by atoms with Crippen molar-refractivity contribution in [1.82, 2.24) is 0 Å². The summed E-state index contributed by atoms with van der Waals surface area (Å²) in [4.78, 5) is 0. The Kier molecular flexibility index (Phi) is 3.30. The van der Waals surface area contributed by atoms with E-state index >= 15 is 0 Å². The van der Waals surface area contributed by atoms with Gasteiger partial charge < -0.3 is 0 Å². The molecule has 1 heterocycles. The lowest BCUT2D eigenvalue weighted by molar-refractivity contribution is 0.568. The van der Waals surface area contributed by atoms with Crippen LogP contribution in [0.4, 0.5) is 0 Å². The minimum Gasteiger partial charge on any atom is -0.215 e. The molecule has 0 saturated heterocycles. The molecule has 0 unspecified atom stereocenters. The van der Waals surface area contributed by atoms with E-state index in [-0.39, 0.29) is 0 Å². The molecule has 19 heavy (non-hydrogen) atoms. The lowest BCUT2D eigenvalue weighted by atomic mass is 10.1. The monoisotopic (exact) mass is 267 g/mol. The smallest absolute Gasteiger partial charge is 0.215 e. The van der Waals surface area contributed by atoms with Crippen LogP contribution in [0.15, 0.2) is 77.4 Å². The largest absolute Gasteiger partial charge is 0.359 e. The van der Waals surface area contributed by atoms with Crippen molar-refractivity contribution in [2.24, 2.45) is 0 Å². The van der Waals surface area contributed by atoms with E-state index in [1.807, 2.05) is 48.5 Å². The highest BCUT2D eigenvalue weighted by atomic mass is 35.5. The number of rotatable bonds is 2. The van der Waals surface area contributed by atoms with E-state index in [9.17, 15) is 0 Å². The van der Waals surface area contributed by atoms with Gasteiger partial charge in [0.05, 0.1) is 11.1 Å². The van der Waals surface area contributed by atoms with Gasteiger partial charge in [0.2, 0.25) is 0 Å². The lowest BCUT2D eigenvalue weighted by Crippen LogP contribution is -1.80. The molecule has 92 valence electrons. The Morgan fingerprint density at radius 2 is 1.32 bits per heavy atom. The molecule has 2 heteroatoms. The third kappa shape index (κ3) is 2.67. The first-order valence-corrected chi connectivity index (χ1v) is 6.44. The van der Waals surface area contributed by atoms with Gasteiger partial charge in [-0.1, -0.05) is 41.9 Å². The summed E-state index contributed by atoms with van der Waals surface area (Å²) >= 11 is 5.87. The van der Waals surface area contributed by atoms with E-state index in [1.54, 1.807) is 6.26 Å². The van der Waals surface area contributed by atoms with Crippen LogP contribution in [0.25, 0.3) is 22.5 Å². The highest BCUT2D eigenvalue weighted by Gasteiger charge is 2.12. The predicted octanol–water partition coefficient (Wildman–Crippen LogP) is 5.55. The van der Waals surface area contributed by atoms with E-state index in [0.717, 1.165) is 27.5 Å². The van der Waals surface area contributed by atoms with E-state index in [0.29, 0.717) is 0 Å². The van der Waals surface area contributed by atoms with E-state index in [2.05, 4.69) is 18.2 Å². The van der Waals surface area contributed by atoms with Crippen molar-refractivity contribution in [2.75, 3.05) is 0 Å². The second kappa shape index (κ2) is 5.25. The number of hydrogen-bond acceptors (Lipinski definition) is 0. The average Bonchev–Trinajstić information content (AvgIpc) is 2.49. The molecule has 0 amide bonds. The molecule has 0 N–H and O–H groups in total. The molecule has 0 saturated carbocycles. The van der Waals surface area contributed by atoms with Crippen molar-refractivity contribution >= 4 is 11.6 Å². The van der Waals surface area contributed by atoms with Gasteiger partial charge in [-0.05, 0) is 35.9 Å². The zero-order chi connectivity index (χ0) is 13.1. The second-order valence-corrected chi connectivity index (χ2v) is 4.70. The van der Waals surface area contributed by atoms with Gasteiger partial charge in [-0.25, -0.2) is 4.42 Å². The highest BCUT2D eigenvalue weighted by molar-refractivity contribution is 6.30. The maximum atomic E-state index is 5.87. The maximum Gasteiger partial charge on any atom is 0.359 e. The first kappa shape index (κ1) is 11.9. The molecule has 0 fully saturated rings. The molecule has 0 aliphatic rings. The van der Waals surface area contributed by atoms with Gasteiger partial charge in [0, 0.05) is 11.1 Å². The Morgan fingerprint density at radius 3 is 1.95 bits per heavy atom. The van der Waals surface area contributed by atoms with Gasteiger partial charge in [0.25, 0.3) is 0 Å². The van der Waals surface area contributed by atoms with Crippen LogP contribution < -0.4 is 0 Å². The topological polar surface area (TPSA) is 11.3 Å². The number of hydrogen-bond donors (Lipinski definition) is 0. The fraction of sp³-hybridized carbons (Fsp3) is 0. The molecule has 1 nitrogen and oxygen atoms in total. The van der Waals surface area contributed by atoms with Gasteiger partial charge in [0.15, 0.2) is 0 Å². The van der Waals surface area contributed by atoms with E-state index < -0.39 is 0 Å². The van der Waals surface area contributed by atoms with Crippen molar-refractivity contribution in [2.45, 2.75) is 0 Å². The highest BCUT2D eigenvalue weighted by Crippen LogP contribution is 2.25. The SMILES string of the molecule is Clc1ccc(-c2ccc(-c3ccccc3)c[o+]2)cc1. The fourth-order valence-corrected chi connectivity index (χ4v) is 2.07.